The van der Waals surface area contributed by atoms with Crippen molar-refractivity contribution in [1.82, 2.24) is 14.9 Å². The van der Waals surface area contributed by atoms with Crippen LogP contribution in [0, 0.1) is 0 Å². The third-order valence-electron chi connectivity index (χ3n) is 4.73. The summed E-state index contributed by atoms with van der Waals surface area (Å²) in [6.45, 7) is 1.33. The summed E-state index contributed by atoms with van der Waals surface area (Å²) in [6, 6.07) is 6.13. The minimum absolute atomic E-state index is 0.0858. The van der Waals surface area contributed by atoms with Gasteiger partial charge in [0.1, 0.15) is 11.6 Å². The first-order valence-electron chi connectivity index (χ1n) is 8.57. The number of halogens is 3. The Bertz CT molecular complexity index is 875. The zero-order valence-electron chi connectivity index (χ0n) is 14.0. The Labute approximate surface area is 147 Å². The number of rotatable bonds is 4. The summed E-state index contributed by atoms with van der Waals surface area (Å²) in [5.74, 6) is 0.879. The average molecular weight is 365 g/mol. The van der Waals surface area contributed by atoms with Gasteiger partial charge in [-0.05, 0) is 25.3 Å². The monoisotopic (exact) mass is 365 g/mol. The number of fused-ring (bicyclic) bond motifs is 1. The van der Waals surface area contributed by atoms with E-state index in [0.29, 0.717) is 43.1 Å². The molecule has 0 radical (unpaired) electrons. The quantitative estimate of drug-likeness (QED) is 0.905. The molecule has 1 fully saturated rings. The number of para-hydroxylation sites is 1. The molecular weight excluding hydrogens is 347 g/mol. The van der Waals surface area contributed by atoms with Gasteiger partial charge in [-0.1, -0.05) is 18.2 Å². The lowest BCUT2D eigenvalue weighted by Gasteiger charge is -2.28. The molecule has 1 aliphatic carbocycles. The van der Waals surface area contributed by atoms with E-state index in [1.165, 1.54) is 12.1 Å². The minimum Gasteiger partial charge on any atom is -0.405 e. The first kappa shape index (κ1) is 17.1. The molecule has 1 aromatic heterocycles. The summed E-state index contributed by atoms with van der Waals surface area (Å²) in [6.07, 6.45) is -2.12. The summed E-state index contributed by atoms with van der Waals surface area (Å²) in [5, 5.41) is 0. The van der Waals surface area contributed by atoms with Crippen molar-refractivity contribution in [2.45, 2.75) is 44.6 Å². The van der Waals surface area contributed by atoms with Gasteiger partial charge >= 0.3 is 6.36 Å². The van der Waals surface area contributed by atoms with Crippen LogP contribution in [0.3, 0.4) is 0 Å². The third kappa shape index (κ3) is 3.75. The molecule has 138 valence electrons. The maximum atomic E-state index is 12.6. The van der Waals surface area contributed by atoms with Crippen molar-refractivity contribution in [2.24, 2.45) is 0 Å². The van der Waals surface area contributed by atoms with Crippen LogP contribution in [0.4, 0.5) is 13.2 Å². The SMILES string of the molecule is O=c1[nH]c(C2CC2)nc2c1CCN(Cc1ccccc1OC(F)(F)F)C2. The Kier molecular flexibility index (Phi) is 4.22. The number of nitrogens with zero attached hydrogens (tertiary/aromatic N) is 2. The van der Waals surface area contributed by atoms with Crippen LogP contribution in [0.2, 0.25) is 0 Å². The highest BCUT2D eigenvalue weighted by molar-refractivity contribution is 5.34. The predicted octanol–water partition coefficient (Wildman–Crippen LogP) is 3.10. The number of benzene rings is 1. The molecule has 0 unspecified atom stereocenters. The first-order valence-corrected chi connectivity index (χ1v) is 8.57. The number of hydrogen-bond donors (Lipinski definition) is 1. The molecule has 1 saturated carbocycles. The topological polar surface area (TPSA) is 58.2 Å². The van der Waals surface area contributed by atoms with E-state index in [1.807, 2.05) is 4.90 Å². The normalized spacial score (nSPS) is 17.8. The van der Waals surface area contributed by atoms with E-state index in [1.54, 1.807) is 12.1 Å². The standard InChI is InChI=1S/C18H18F3N3O2/c19-18(20,21)26-15-4-2-1-3-12(15)9-24-8-7-13-14(10-24)22-16(11-5-6-11)23-17(13)25/h1-4,11H,5-10H2,(H,22,23,25). The van der Waals surface area contributed by atoms with Crippen LogP contribution in [0.25, 0.3) is 0 Å². The van der Waals surface area contributed by atoms with Crippen molar-refractivity contribution in [3.63, 3.8) is 0 Å². The molecule has 0 saturated heterocycles. The van der Waals surface area contributed by atoms with E-state index in [-0.39, 0.29) is 11.3 Å². The van der Waals surface area contributed by atoms with Crippen molar-refractivity contribution in [2.75, 3.05) is 6.54 Å². The maximum Gasteiger partial charge on any atom is 0.573 e. The van der Waals surface area contributed by atoms with E-state index in [4.69, 9.17) is 0 Å². The molecule has 0 spiro atoms. The molecule has 2 aromatic rings. The molecule has 0 bridgehead atoms. The largest absolute Gasteiger partial charge is 0.573 e. The fourth-order valence-corrected chi connectivity index (χ4v) is 3.30. The second-order valence-corrected chi connectivity index (χ2v) is 6.77. The molecule has 4 rings (SSSR count). The van der Waals surface area contributed by atoms with E-state index in [9.17, 15) is 18.0 Å². The first-order chi connectivity index (χ1) is 12.4. The Morgan fingerprint density at radius 1 is 1.27 bits per heavy atom. The third-order valence-corrected chi connectivity index (χ3v) is 4.73. The molecule has 26 heavy (non-hydrogen) atoms. The van der Waals surface area contributed by atoms with Crippen molar-refractivity contribution in [3.05, 3.63) is 57.3 Å². The minimum atomic E-state index is -4.72. The Morgan fingerprint density at radius 3 is 2.77 bits per heavy atom. The van der Waals surface area contributed by atoms with Crippen LogP contribution in [0.1, 0.15) is 41.4 Å². The van der Waals surface area contributed by atoms with Gasteiger partial charge in [0.2, 0.25) is 0 Å². The van der Waals surface area contributed by atoms with Gasteiger partial charge in [-0.2, -0.15) is 0 Å². The number of hydrogen-bond acceptors (Lipinski definition) is 4. The molecular formula is C18H18F3N3O2. The van der Waals surface area contributed by atoms with Gasteiger partial charge in [-0.25, -0.2) is 4.98 Å². The molecule has 2 aliphatic rings. The number of H-pyrrole nitrogens is 1. The van der Waals surface area contributed by atoms with Crippen molar-refractivity contribution in [3.8, 4) is 5.75 Å². The number of aromatic nitrogens is 2. The van der Waals surface area contributed by atoms with Crippen molar-refractivity contribution < 1.29 is 17.9 Å². The zero-order chi connectivity index (χ0) is 18.3. The fourth-order valence-electron chi connectivity index (χ4n) is 3.30. The van der Waals surface area contributed by atoms with Crippen LogP contribution in [0.15, 0.2) is 29.1 Å². The van der Waals surface area contributed by atoms with Crippen molar-refractivity contribution >= 4 is 0 Å². The van der Waals surface area contributed by atoms with Crippen LogP contribution in [-0.2, 0) is 19.5 Å². The van der Waals surface area contributed by atoms with Gasteiger partial charge in [0, 0.05) is 36.7 Å². The zero-order valence-corrected chi connectivity index (χ0v) is 14.0. The molecule has 5 nitrogen and oxygen atoms in total. The van der Waals surface area contributed by atoms with E-state index in [0.717, 1.165) is 24.4 Å². The molecule has 0 amide bonds. The highest BCUT2D eigenvalue weighted by Crippen LogP contribution is 2.38. The maximum absolute atomic E-state index is 12.6. The summed E-state index contributed by atoms with van der Waals surface area (Å²) in [5.41, 5.74) is 1.79. The summed E-state index contributed by atoms with van der Waals surface area (Å²) in [4.78, 5) is 21.7. The molecule has 8 heteroatoms. The lowest BCUT2D eigenvalue weighted by Crippen LogP contribution is -2.35. The summed E-state index contributed by atoms with van der Waals surface area (Å²) >= 11 is 0. The Balaban J connectivity index is 1.54. The van der Waals surface area contributed by atoms with Gasteiger partial charge in [0.25, 0.3) is 5.56 Å². The van der Waals surface area contributed by atoms with Gasteiger partial charge in [0.05, 0.1) is 5.69 Å². The Morgan fingerprint density at radius 2 is 2.04 bits per heavy atom. The average Bonchev–Trinajstić information content (AvgIpc) is 3.40. The van der Waals surface area contributed by atoms with Gasteiger partial charge in [-0.3, -0.25) is 9.69 Å². The summed E-state index contributed by atoms with van der Waals surface area (Å²) in [7, 11) is 0. The van der Waals surface area contributed by atoms with Gasteiger partial charge < -0.3 is 9.72 Å². The second-order valence-electron chi connectivity index (χ2n) is 6.77. The van der Waals surface area contributed by atoms with Crippen LogP contribution in [-0.4, -0.2) is 27.8 Å². The molecule has 1 aliphatic heterocycles. The number of aromatic amines is 1. The molecule has 1 N–H and O–H groups in total. The van der Waals surface area contributed by atoms with Gasteiger partial charge in [0.15, 0.2) is 0 Å². The smallest absolute Gasteiger partial charge is 0.405 e. The lowest BCUT2D eigenvalue weighted by atomic mass is 10.0. The number of alkyl halides is 3. The predicted molar refractivity (Wildman–Crippen MR) is 87.8 cm³/mol. The molecule has 1 aromatic carbocycles. The Hall–Kier alpha value is -2.35. The summed E-state index contributed by atoms with van der Waals surface area (Å²) < 4.78 is 41.9. The van der Waals surface area contributed by atoms with E-state index in [2.05, 4.69) is 14.7 Å². The van der Waals surface area contributed by atoms with E-state index >= 15 is 0 Å². The van der Waals surface area contributed by atoms with Crippen LogP contribution >= 0.6 is 0 Å². The van der Waals surface area contributed by atoms with E-state index < -0.39 is 6.36 Å². The van der Waals surface area contributed by atoms with Crippen molar-refractivity contribution in [1.29, 1.82) is 0 Å². The second kappa shape index (κ2) is 6.42. The molecule has 0 atom stereocenters. The molecule has 2 heterocycles. The van der Waals surface area contributed by atoms with Crippen LogP contribution in [0.5, 0.6) is 5.75 Å². The fraction of sp³-hybridized carbons (Fsp3) is 0.444. The highest BCUT2D eigenvalue weighted by atomic mass is 19.4. The number of nitrogens with one attached hydrogen (secondary N) is 1. The highest BCUT2D eigenvalue weighted by Gasteiger charge is 2.33. The number of ether oxygens (including phenoxy) is 1. The van der Waals surface area contributed by atoms with Gasteiger partial charge in [-0.15, -0.1) is 13.2 Å². The lowest BCUT2D eigenvalue weighted by molar-refractivity contribution is -0.275. The van der Waals surface area contributed by atoms with Crippen LogP contribution < -0.4 is 10.3 Å².